The number of furan rings is 1. The molecule has 0 aliphatic heterocycles. The zero-order chi connectivity index (χ0) is 8.39. The van der Waals surface area contributed by atoms with Gasteiger partial charge in [-0.25, -0.2) is 4.79 Å². The summed E-state index contributed by atoms with van der Waals surface area (Å²) in [6.07, 6.45) is 2.01. The molecule has 12 heavy (non-hydrogen) atoms. The van der Waals surface area contributed by atoms with Gasteiger partial charge in [-0.05, 0) is 12.1 Å². The van der Waals surface area contributed by atoms with E-state index in [2.05, 4.69) is 14.7 Å². The van der Waals surface area contributed by atoms with E-state index in [0.29, 0.717) is 12.2 Å². The number of rotatable bonds is 2. The van der Waals surface area contributed by atoms with Crippen LogP contribution in [0.25, 0.3) is 0 Å². The van der Waals surface area contributed by atoms with Crippen molar-refractivity contribution in [1.29, 1.82) is 0 Å². The van der Waals surface area contributed by atoms with Crippen LogP contribution in [0, 0.1) is 0 Å². The topological polar surface area (TPSA) is 72.0 Å². The van der Waals surface area contributed by atoms with Crippen LogP contribution >= 0.6 is 0 Å². The third kappa shape index (κ3) is 1.29. The van der Waals surface area contributed by atoms with Gasteiger partial charge in [0.1, 0.15) is 5.76 Å². The maximum atomic E-state index is 10.5. The second-order valence-corrected chi connectivity index (χ2v) is 2.30. The van der Waals surface area contributed by atoms with Crippen molar-refractivity contribution in [3.63, 3.8) is 0 Å². The standard InChI is InChI=1S/C7H6N2O3/c10-7-8-6(9-12-7)4-5-2-1-3-11-5/h1-3H,4H2,(H,8,9,10). The Morgan fingerprint density at radius 2 is 2.50 bits per heavy atom. The largest absolute Gasteiger partial charge is 0.469 e. The minimum atomic E-state index is -0.545. The summed E-state index contributed by atoms with van der Waals surface area (Å²) < 4.78 is 9.35. The molecule has 2 aromatic rings. The summed E-state index contributed by atoms with van der Waals surface area (Å²) in [6.45, 7) is 0. The van der Waals surface area contributed by atoms with Crippen molar-refractivity contribution in [2.24, 2.45) is 0 Å². The molecule has 0 aromatic carbocycles. The van der Waals surface area contributed by atoms with Gasteiger partial charge in [0.25, 0.3) is 0 Å². The number of hydrogen-bond acceptors (Lipinski definition) is 4. The number of nitrogens with zero attached hydrogens (tertiary/aromatic N) is 1. The molecule has 0 unspecified atom stereocenters. The second-order valence-electron chi connectivity index (χ2n) is 2.30. The third-order valence-corrected chi connectivity index (χ3v) is 1.41. The highest BCUT2D eigenvalue weighted by Gasteiger charge is 2.03. The summed E-state index contributed by atoms with van der Waals surface area (Å²) in [5.74, 6) is 0.658. The summed E-state index contributed by atoms with van der Waals surface area (Å²) in [5.41, 5.74) is 0. The average molecular weight is 166 g/mol. The summed E-state index contributed by atoms with van der Waals surface area (Å²) in [6, 6.07) is 3.57. The lowest BCUT2D eigenvalue weighted by Gasteiger charge is -1.87. The van der Waals surface area contributed by atoms with E-state index in [1.165, 1.54) is 0 Å². The second kappa shape index (κ2) is 2.69. The molecule has 0 radical (unpaired) electrons. The molecule has 0 saturated heterocycles. The molecule has 5 heteroatoms. The fourth-order valence-electron chi connectivity index (χ4n) is 0.915. The average Bonchev–Trinajstić information content (AvgIpc) is 2.63. The van der Waals surface area contributed by atoms with Crippen molar-refractivity contribution in [3.05, 3.63) is 40.5 Å². The van der Waals surface area contributed by atoms with Gasteiger partial charge in [-0.1, -0.05) is 5.16 Å². The Hall–Kier alpha value is -1.78. The van der Waals surface area contributed by atoms with E-state index in [1.807, 2.05) is 0 Å². The first-order chi connectivity index (χ1) is 5.84. The Morgan fingerprint density at radius 3 is 3.08 bits per heavy atom. The molecule has 0 amide bonds. The number of aromatic nitrogens is 2. The summed E-state index contributed by atoms with van der Waals surface area (Å²) >= 11 is 0. The van der Waals surface area contributed by atoms with Crippen molar-refractivity contribution in [1.82, 2.24) is 10.1 Å². The van der Waals surface area contributed by atoms with Crippen molar-refractivity contribution in [2.45, 2.75) is 6.42 Å². The number of nitrogens with one attached hydrogen (secondary N) is 1. The molecular formula is C7H6N2O3. The first-order valence-electron chi connectivity index (χ1n) is 3.42. The Bertz CT molecular complexity index is 398. The maximum Gasteiger partial charge on any atom is 0.438 e. The highest BCUT2D eigenvalue weighted by Crippen LogP contribution is 2.03. The van der Waals surface area contributed by atoms with E-state index < -0.39 is 5.76 Å². The quantitative estimate of drug-likeness (QED) is 0.706. The van der Waals surface area contributed by atoms with E-state index in [4.69, 9.17) is 4.42 Å². The molecule has 0 bridgehead atoms. The van der Waals surface area contributed by atoms with Gasteiger partial charge < -0.3 is 4.42 Å². The van der Waals surface area contributed by atoms with Crippen LogP contribution < -0.4 is 5.76 Å². The van der Waals surface area contributed by atoms with Crippen LogP contribution in [0.5, 0.6) is 0 Å². The van der Waals surface area contributed by atoms with Crippen LogP contribution in [0.2, 0.25) is 0 Å². The lowest BCUT2D eigenvalue weighted by Crippen LogP contribution is -1.97. The first kappa shape index (κ1) is 6.90. The lowest BCUT2D eigenvalue weighted by molar-refractivity contribution is 0.380. The minimum absolute atomic E-state index is 0.443. The van der Waals surface area contributed by atoms with Gasteiger partial charge >= 0.3 is 5.76 Å². The van der Waals surface area contributed by atoms with Crippen molar-refractivity contribution >= 4 is 0 Å². The molecule has 2 heterocycles. The number of hydrogen-bond donors (Lipinski definition) is 1. The highest BCUT2D eigenvalue weighted by atomic mass is 16.5. The molecule has 2 rings (SSSR count). The van der Waals surface area contributed by atoms with Crippen molar-refractivity contribution in [3.8, 4) is 0 Å². The molecule has 0 aliphatic carbocycles. The van der Waals surface area contributed by atoms with Crippen LogP contribution in [0.15, 0.2) is 32.1 Å². The fourth-order valence-corrected chi connectivity index (χ4v) is 0.915. The molecule has 0 aliphatic rings. The SMILES string of the molecule is O=c1[nH]c(Cc2ccco2)no1. The minimum Gasteiger partial charge on any atom is -0.469 e. The highest BCUT2D eigenvalue weighted by molar-refractivity contribution is 5.04. The maximum absolute atomic E-state index is 10.5. The number of aromatic amines is 1. The van der Waals surface area contributed by atoms with Crippen LogP contribution in [0.3, 0.4) is 0 Å². The number of H-pyrrole nitrogens is 1. The molecular weight excluding hydrogens is 160 g/mol. The molecule has 2 aromatic heterocycles. The predicted molar refractivity (Wildman–Crippen MR) is 38.6 cm³/mol. The van der Waals surface area contributed by atoms with Crippen LogP contribution in [-0.2, 0) is 6.42 Å². The third-order valence-electron chi connectivity index (χ3n) is 1.41. The smallest absolute Gasteiger partial charge is 0.438 e. The van der Waals surface area contributed by atoms with Crippen LogP contribution in [0.1, 0.15) is 11.6 Å². The van der Waals surface area contributed by atoms with Gasteiger partial charge in [0.15, 0.2) is 5.82 Å². The van der Waals surface area contributed by atoms with Gasteiger partial charge in [0.2, 0.25) is 0 Å². The predicted octanol–water partition coefficient (Wildman–Crippen LogP) is 0.547. The molecule has 0 fully saturated rings. The van der Waals surface area contributed by atoms with Gasteiger partial charge in [-0.3, -0.25) is 9.51 Å². The van der Waals surface area contributed by atoms with Crippen molar-refractivity contribution in [2.75, 3.05) is 0 Å². The van der Waals surface area contributed by atoms with E-state index in [-0.39, 0.29) is 0 Å². The Labute approximate surface area is 67.0 Å². The molecule has 0 atom stereocenters. The fraction of sp³-hybridized carbons (Fsp3) is 0.143. The van der Waals surface area contributed by atoms with Crippen LogP contribution in [-0.4, -0.2) is 10.1 Å². The molecule has 0 spiro atoms. The zero-order valence-electron chi connectivity index (χ0n) is 6.11. The normalized spacial score (nSPS) is 10.3. The van der Waals surface area contributed by atoms with E-state index in [1.54, 1.807) is 18.4 Å². The zero-order valence-corrected chi connectivity index (χ0v) is 6.11. The summed E-state index contributed by atoms with van der Waals surface area (Å²) in [5, 5.41) is 3.49. The monoisotopic (exact) mass is 166 g/mol. The summed E-state index contributed by atoms with van der Waals surface area (Å²) in [4.78, 5) is 12.9. The molecule has 1 N–H and O–H groups in total. The Morgan fingerprint density at radius 1 is 1.58 bits per heavy atom. The van der Waals surface area contributed by atoms with Gasteiger partial charge in [0.05, 0.1) is 12.7 Å². The molecule has 62 valence electrons. The Kier molecular flexibility index (Phi) is 1.55. The van der Waals surface area contributed by atoms with E-state index >= 15 is 0 Å². The summed E-state index contributed by atoms with van der Waals surface area (Å²) in [7, 11) is 0. The van der Waals surface area contributed by atoms with Crippen LogP contribution in [0.4, 0.5) is 0 Å². The van der Waals surface area contributed by atoms with E-state index in [0.717, 1.165) is 5.76 Å². The first-order valence-corrected chi connectivity index (χ1v) is 3.42. The Balaban J connectivity index is 2.19. The van der Waals surface area contributed by atoms with E-state index in [9.17, 15) is 4.79 Å². The van der Waals surface area contributed by atoms with Crippen molar-refractivity contribution < 1.29 is 8.94 Å². The van der Waals surface area contributed by atoms with Gasteiger partial charge in [-0.15, -0.1) is 0 Å². The van der Waals surface area contributed by atoms with Gasteiger partial charge in [0, 0.05) is 0 Å². The molecule has 0 saturated carbocycles. The van der Waals surface area contributed by atoms with Gasteiger partial charge in [-0.2, -0.15) is 0 Å². The molecule has 5 nitrogen and oxygen atoms in total. The lowest BCUT2D eigenvalue weighted by atomic mass is 10.3.